The molecule has 0 bridgehead atoms. The number of pyridine rings is 1. The molecule has 47 heavy (non-hydrogen) atoms. The molecular weight excluding hydrogens is 574 g/mol. The minimum Gasteiger partial charge on any atom is -0.309 e. The predicted molar refractivity (Wildman–Crippen MR) is 196 cm³/mol. The molecule has 0 amide bonds. The van der Waals surface area contributed by atoms with Gasteiger partial charge in [0.25, 0.3) is 5.56 Å². The summed E-state index contributed by atoms with van der Waals surface area (Å²) in [4.78, 5) is 14.9. The minimum atomic E-state index is 0.00666. The van der Waals surface area contributed by atoms with Crippen molar-refractivity contribution in [2.75, 3.05) is 0 Å². The third-order valence-electron chi connectivity index (χ3n) is 10.1. The van der Waals surface area contributed by atoms with Gasteiger partial charge in [-0.2, -0.15) is 0 Å². The number of nitrogens with zero attached hydrogens (tertiary/aromatic N) is 3. The predicted octanol–water partition coefficient (Wildman–Crippen LogP) is 10.4. The van der Waals surface area contributed by atoms with Gasteiger partial charge in [-0.3, -0.25) is 9.20 Å². The average molecular weight is 600 g/mol. The Labute approximate surface area is 267 Å². The second kappa shape index (κ2) is 8.87. The highest BCUT2D eigenvalue weighted by molar-refractivity contribution is 6.33. The molecular formula is C43H25N3O. The van der Waals surface area contributed by atoms with Crippen LogP contribution in [0.15, 0.2) is 156 Å². The number of para-hydroxylation sites is 5. The van der Waals surface area contributed by atoms with Crippen LogP contribution in [0.25, 0.3) is 93.0 Å². The van der Waals surface area contributed by atoms with Gasteiger partial charge in [-0.15, -0.1) is 0 Å². The van der Waals surface area contributed by atoms with E-state index in [0.29, 0.717) is 0 Å². The van der Waals surface area contributed by atoms with E-state index < -0.39 is 0 Å². The van der Waals surface area contributed by atoms with Crippen molar-refractivity contribution in [2.45, 2.75) is 0 Å². The average Bonchev–Trinajstić information content (AvgIpc) is 3.77. The molecule has 4 heteroatoms. The highest BCUT2D eigenvalue weighted by atomic mass is 16.1. The zero-order valence-electron chi connectivity index (χ0n) is 25.2. The molecule has 0 saturated heterocycles. The highest BCUT2D eigenvalue weighted by Crippen LogP contribution is 2.45. The summed E-state index contributed by atoms with van der Waals surface area (Å²) in [5.41, 5.74) is 8.52. The number of hydrogen-bond donors (Lipinski definition) is 0. The molecule has 4 heterocycles. The van der Waals surface area contributed by atoms with Gasteiger partial charge in [0, 0.05) is 49.1 Å². The lowest BCUT2D eigenvalue weighted by atomic mass is 9.99. The molecule has 0 saturated carbocycles. The molecule has 0 fully saturated rings. The quantitative estimate of drug-likeness (QED) is 0.182. The molecule has 0 atom stereocenters. The second-order valence-corrected chi connectivity index (χ2v) is 12.5. The molecule has 0 aliphatic carbocycles. The van der Waals surface area contributed by atoms with Crippen molar-refractivity contribution in [2.24, 2.45) is 0 Å². The topological polar surface area (TPSA) is 31.3 Å². The maximum Gasteiger partial charge on any atom is 0.263 e. The zero-order valence-corrected chi connectivity index (χ0v) is 25.2. The van der Waals surface area contributed by atoms with Crippen LogP contribution >= 0.6 is 0 Å². The van der Waals surface area contributed by atoms with E-state index in [4.69, 9.17) is 0 Å². The van der Waals surface area contributed by atoms with Gasteiger partial charge >= 0.3 is 0 Å². The summed E-state index contributed by atoms with van der Waals surface area (Å²) in [6.07, 6.45) is 0. The van der Waals surface area contributed by atoms with Crippen molar-refractivity contribution >= 4 is 81.6 Å². The SMILES string of the molecule is O=c1c2cc3c(cc2c2cc4c5ccccc5n(-c5ccccc5)c4c4c5ccccc5n1c24)c1ccccc1n3-c1ccccc1. The second-order valence-electron chi connectivity index (χ2n) is 12.5. The standard InChI is InChI=1S/C43H25N3O/c47-43-35-25-39-32(28-17-7-10-20-36(28)44(39)26-13-3-1-4-14-26)23-31(35)34-24-33-29-18-8-11-21-37(29)45(27-15-5-2-6-16-27)41(33)40-30-19-9-12-22-38(30)46(43)42(34)40/h1-25H. The van der Waals surface area contributed by atoms with Crippen LogP contribution in [0, 0.1) is 0 Å². The third-order valence-corrected chi connectivity index (χ3v) is 10.1. The maximum atomic E-state index is 14.9. The van der Waals surface area contributed by atoms with E-state index in [1.165, 1.54) is 16.2 Å². The first kappa shape index (κ1) is 24.9. The molecule has 0 aliphatic heterocycles. The fourth-order valence-corrected chi connectivity index (χ4v) is 8.26. The number of benzene rings is 7. The molecule has 7 aromatic carbocycles. The minimum absolute atomic E-state index is 0.00666. The van der Waals surface area contributed by atoms with Crippen molar-refractivity contribution in [1.82, 2.24) is 13.5 Å². The summed E-state index contributed by atoms with van der Waals surface area (Å²) < 4.78 is 6.63. The van der Waals surface area contributed by atoms with Crippen LogP contribution < -0.4 is 5.56 Å². The van der Waals surface area contributed by atoms with Crippen LogP contribution in [0.2, 0.25) is 0 Å². The van der Waals surface area contributed by atoms with E-state index in [9.17, 15) is 4.79 Å². The monoisotopic (exact) mass is 599 g/mol. The van der Waals surface area contributed by atoms with Crippen LogP contribution in [0.4, 0.5) is 0 Å². The van der Waals surface area contributed by atoms with Crippen molar-refractivity contribution < 1.29 is 0 Å². The Balaban J connectivity index is 1.43. The van der Waals surface area contributed by atoms with E-state index in [2.05, 4.69) is 149 Å². The maximum absolute atomic E-state index is 14.9. The van der Waals surface area contributed by atoms with Crippen molar-refractivity contribution in [3.63, 3.8) is 0 Å². The molecule has 4 nitrogen and oxygen atoms in total. The lowest BCUT2D eigenvalue weighted by Gasteiger charge is -2.12. The van der Waals surface area contributed by atoms with Crippen LogP contribution in [-0.2, 0) is 0 Å². The van der Waals surface area contributed by atoms with E-state index in [1.54, 1.807) is 0 Å². The summed E-state index contributed by atoms with van der Waals surface area (Å²) in [5.74, 6) is 0. The Bertz CT molecular complexity index is 3130. The molecule has 0 spiro atoms. The molecule has 0 unspecified atom stereocenters. The van der Waals surface area contributed by atoms with Gasteiger partial charge in [-0.1, -0.05) is 91.0 Å². The number of fused-ring (bicyclic) bond motifs is 12. The molecule has 11 aromatic rings. The van der Waals surface area contributed by atoms with Gasteiger partial charge in [-0.05, 0) is 66.0 Å². The first-order chi connectivity index (χ1) is 23.3. The Morgan fingerprint density at radius 2 is 0.851 bits per heavy atom. The molecule has 0 N–H and O–H groups in total. The van der Waals surface area contributed by atoms with Crippen molar-refractivity contribution in [1.29, 1.82) is 0 Å². The van der Waals surface area contributed by atoms with E-state index in [-0.39, 0.29) is 5.56 Å². The summed E-state index contributed by atoms with van der Waals surface area (Å²) >= 11 is 0. The summed E-state index contributed by atoms with van der Waals surface area (Å²) in [6, 6.07) is 53.3. The first-order valence-electron chi connectivity index (χ1n) is 16.0. The van der Waals surface area contributed by atoms with Gasteiger partial charge in [0.2, 0.25) is 0 Å². The first-order valence-corrected chi connectivity index (χ1v) is 16.0. The van der Waals surface area contributed by atoms with E-state index in [0.717, 1.165) is 76.8 Å². The number of hydrogen-bond acceptors (Lipinski definition) is 1. The molecule has 218 valence electrons. The lowest BCUT2D eigenvalue weighted by molar-refractivity contribution is 1.18. The summed E-state index contributed by atoms with van der Waals surface area (Å²) in [7, 11) is 0. The molecule has 0 radical (unpaired) electrons. The fourth-order valence-electron chi connectivity index (χ4n) is 8.26. The lowest BCUT2D eigenvalue weighted by Crippen LogP contribution is -2.13. The third kappa shape index (κ3) is 3.09. The fraction of sp³-hybridized carbons (Fsp3) is 0. The van der Waals surface area contributed by atoms with Gasteiger partial charge in [0.15, 0.2) is 0 Å². The molecule has 4 aromatic heterocycles. The Kier molecular flexibility index (Phi) is 4.69. The van der Waals surface area contributed by atoms with Gasteiger partial charge in [0.1, 0.15) is 0 Å². The number of aromatic nitrogens is 3. The van der Waals surface area contributed by atoms with Crippen LogP contribution in [0.5, 0.6) is 0 Å². The summed E-state index contributed by atoms with van der Waals surface area (Å²) in [6.45, 7) is 0. The van der Waals surface area contributed by atoms with Crippen LogP contribution in [-0.4, -0.2) is 13.5 Å². The highest BCUT2D eigenvalue weighted by Gasteiger charge is 2.25. The van der Waals surface area contributed by atoms with E-state index in [1.807, 2.05) is 16.5 Å². The largest absolute Gasteiger partial charge is 0.309 e. The van der Waals surface area contributed by atoms with Crippen LogP contribution in [0.1, 0.15) is 0 Å². The Morgan fingerprint density at radius 3 is 1.55 bits per heavy atom. The Morgan fingerprint density at radius 1 is 0.340 bits per heavy atom. The van der Waals surface area contributed by atoms with Gasteiger partial charge in [0.05, 0.1) is 38.5 Å². The van der Waals surface area contributed by atoms with E-state index >= 15 is 0 Å². The molecule has 0 aliphatic rings. The Hall–Kier alpha value is -6.39. The summed E-state index contributed by atoms with van der Waals surface area (Å²) in [5, 5.41) is 9.68. The van der Waals surface area contributed by atoms with Crippen molar-refractivity contribution in [3.05, 3.63) is 162 Å². The normalized spacial score (nSPS) is 12.3. The van der Waals surface area contributed by atoms with Gasteiger partial charge in [-0.25, -0.2) is 0 Å². The molecule has 11 rings (SSSR count). The van der Waals surface area contributed by atoms with Gasteiger partial charge < -0.3 is 9.13 Å². The number of rotatable bonds is 2. The van der Waals surface area contributed by atoms with Crippen molar-refractivity contribution in [3.8, 4) is 11.4 Å². The zero-order chi connectivity index (χ0) is 30.8. The van der Waals surface area contributed by atoms with Crippen LogP contribution in [0.3, 0.4) is 0 Å². The smallest absolute Gasteiger partial charge is 0.263 e.